The molecule has 0 radical (unpaired) electrons. The Morgan fingerprint density at radius 3 is 2.38 bits per heavy atom. The van der Waals surface area contributed by atoms with Gasteiger partial charge in [-0.15, -0.1) is 0 Å². The number of morpholine rings is 1. The van der Waals surface area contributed by atoms with Crippen molar-refractivity contribution in [3.8, 4) is 0 Å². The number of ether oxygens (including phenoxy) is 2. The fraction of sp³-hybridized carbons (Fsp3) is 0.391. The molecule has 2 aromatic carbocycles. The number of aryl methyl sites for hydroxylation is 1. The summed E-state index contributed by atoms with van der Waals surface area (Å²) in [6, 6.07) is 13.0. The van der Waals surface area contributed by atoms with Crippen LogP contribution in [0.15, 0.2) is 53.4 Å². The Bertz CT molecular complexity index is 1060. The van der Waals surface area contributed by atoms with Crippen LogP contribution in [0.2, 0.25) is 0 Å². The van der Waals surface area contributed by atoms with Crippen LogP contribution in [0.25, 0.3) is 0 Å². The number of anilines is 1. The normalized spacial score (nSPS) is 19.3. The average molecular weight is 461 g/mol. The van der Waals surface area contributed by atoms with Crippen molar-refractivity contribution >= 4 is 27.6 Å². The lowest BCUT2D eigenvalue weighted by atomic mass is 10.1. The third-order valence-corrected chi connectivity index (χ3v) is 6.90. The number of nitrogens with one attached hydrogen (secondary N) is 1. The summed E-state index contributed by atoms with van der Waals surface area (Å²) in [5, 5.41) is 2.66. The molecule has 1 N–H and O–H groups in total. The molecule has 9 heteroatoms. The molecule has 0 aliphatic carbocycles. The van der Waals surface area contributed by atoms with Crippen LogP contribution >= 0.6 is 0 Å². The number of amides is 1. The molecule has 1 fully saturated rings. The highest BCUT2D eigenvalue weighted by molar-refractivity contribution is 7.89. The molecular formula is C23H28N2O6S. The number of esters is 1. The van der Waals surface area contributed by atoms with E-state index in [1.54, 1.807) is 12.1 Å². The van der Waals surface area contributed by atoms with Crippen molar-refractivity contribution in [2.45, 2.75) is 44.3 Å². The fourth-order valence-corrected chi connectivity index (χ4v) is 5.13. The third kappa shape index (κ3) is 5.93. The van der Waals surface area contributed by atoms with Gasteiger partial charge in [0.05, 0.1) is 22.7 Å². The van der Waals surface area contributed by atoms with Crippen LogP contribution in [0.1, 0.15) is 36.7 Å². The van der Waals surface area contributed by atoms with Gasteiger partial charge in [-0.05, 0) is 56.2 Å². The molecule has 0 spiro atoms. The van der Waals surface area contributed by atoms with Gasteiger partial charge >= 0.3 is 5.97 Å². The first kappa shape index (κ1) is 23.9. The van der Waals surface area contributed by atoms with Crippen LogP contribution in [0, 0.1) is 0 Å². The summed E-state index contributed by atoms with van der Waals surface area (Å²) in [6.07, 6.45) is 0.446. The molecule has 8 nitrogen and oxygen atoms in total. The van der Waals surface area contributed by atoms with Gasteiger partial charge in [-0.2, -0.15) is 4.31 Å². The molecule has 1 heterocycles. The number of hydrogen-bond donors (Lipinski definition) is 1. The summed E-state index contributed by atoms with van der Waals surface area (Å²) in [5.74, 6) is -1.26. The number of sulfonamides is 1. The van der Waals surface area contributed by atoms with Gasteiger partial charge in [0.1, 0.15) is 0 Å². The number of hydrogen-bond acceptors (Lipinski definition) is 6. The number of benzene rings is 2. The Morgan fingerprint density at radius 2 is 1.75 bits per heavy atom. The zero-order valence-corrected chi connectivity index (χ0v) is 19.2. The Hall–Kier alpha value is -2.75. The molecule has 0 aromatic heterocycles. The van der Waals surface area contributed by atoms with E-state index >= 15 is 0 Å². The van der Waals surface area contributed by atoms with Gasteiger partial charge in [0.15, 0.2) is 6.61 Å². The number of nitrogens with zero attached hydrogens (tertiary/aromatic N) is 1. The quantitative estimate of drug-likeness (QED) is 0.638. The first-order valence-electron chi connectivity index (χ1n) is 10.5. The first-order chi connectivity index (χ1) is 15.2. The largest absolute Gasteiger partial charge is 0.452 e. The Kier molecular flexibility index (Phi) is 7.65. The summed E-state index contributed by atoms with van der Waals surface area (Å²) >= 11 is 0. The molecule has 2 atom stereocenters. The lowest BCUT2D eigenvalue weighted by Crippen LogP contribution is -2.48. The molecule has 0 saturated carbocycles. The molecule has 1 amide bonds. The number of carbonyl (C=O) groups is 2. The molecule has 3 rings (SSSR count). The lowest BCUT2D eigenvalue weighted by molar-refractivity contribution is -0.119. The van der Waals surface area contributed by atoms with E-state index < -0.39 is 28.5 Å². The van der Waals surface area contributed by atoms with E-state index in [-0.39, 0.29) is 35.8 Å². The molecule has 1 aliphatic rings. The highest BCUT2D eigenvalue weighted by Gasteiger charge is 2.32. The monoisotopic (exact) mass is 460 g/mol. The van der Waals surface area contributed by atoms with E-state index in [0.29, 0.717) is 5.69 Å². The molecule has 1 saturated heterocycles. The van der Waals surface area contributed by atoms with E-state index in [4.69, 9.17) is 9.47 Å². The maximum Gasteiger partial charge on any atom is 0.338 e. The fourth-order valence-electron chi connectivity index (χ4n) is 3.49. The highest BCUT2D eigenvalue weighted by Crippen LogP contribution is 2.22. The summed E-state index contributed by atoms with van der Waals surface area (Å²) < 4.78 is 38.1. The van der Waals surface area contributed by atoms with Gasteiger partial charge < -0.3 is 14.8 Å². The number of rotatable bonds is 7. The van der Waals surface area contributed by atoms with Crippen LogP contribution in [0.5, 0.6) is 0 Å². The molecule has 1 aliphatic heterocycles. The van der Waals surface area contributed by atoms with Crippen molar-refractivity contribution < 1.29 is 27.5 Å². The van der Waals surface area contributed by atoms with Crippen molar-refractivity contribution in [2.75, 3.05) is 25.0 Å². The molecule has 172 valence electrons. The van der Waals surface area contributed by atoms with Crippen molar-refractivity contribution in [3.05, 3.63) is 59.7 Å². The van der Waals surface area contributed by atoms with Gasteiger partial charge in [-0.25, -0.2) is 13.2 Å². The topological polar surface area (TPSA) is 102 Å². The average Bonchev–Trinajstić information content (AvgIpc) is 2.77. The minimum absolute atomic E-state index is 0.00582. The minimum atomic E-state index is -3.80. The second-order valence-electron chi connectivity index (χ2n) is 7.78. The smallest absolute Gasteiger partial charge is 0.338 e. The summed E-state index contributed by atoms with van der Waals surface area (Å²) in [6.45, 7) is 5.66. The zero-order chi connectivity index (χ0) is 23.3. The van der Waals surface area contributed by atoms with Crippen LogP contribution in [0.3, 0.4) is 0 Å². The minimum Gasteiger partial charge on any atom is -0.452 e. The van der Waals surface area contributed by atoms with Gasteiger partial charge in [0.2, 0.25) is 10.0 Å². The standard InChI is InChI=1S/C23H28N2O6S/c1-4-18-8-10-20(11-9-18)24-22(26)15-30-23(27)19-6-5-7-21(12-19)32(28,29)25-13-16(2)31-17(3)14-25/h5-12,16-17H,4,13-15H2,1-3H3,(H,24,26). The molecule has 2 unspecified atom stereocenters. The Labute approximate surface area is 188 Å². The second kappa shape index (κ2) is 10.2. The van der Waals surface area contributed by atoms with Crippen molar-refractivity contribution in [1.82, 2.24) is 4.31 Å². The van der Waals surface area contributed by atoms with E-state index in [9.17, 15) is 18.0 Å². The predicted molar refractivity (Wildman–Crippen MR) is 120 cm³/mol. The van der Waals surface area contributed by atoms with Crippen molar-refractivity contribution in [1.29, 1.82) is 0 Å². The van der Waals surface area contributed by atoms with Gasteiger partial charge in [-0.1, -0.05) is 25.1 Å². The van der Waals surface area contributed by atoms with E-state index in [1.165, 1.54) is 28.6 Å². The van der Waals surface area contributed by atoms with E-state index in [0.717, 1.165) is 12.0 Å². The molecule has 32 heavy (non-hydrogen) atoms. The molecule has 2 aromatic rings. The summed E-state index contributed by atoms with van der Waals surface area (Å²) in [5.41, 5.74) is 1.80. The van der Waals surface area contributed by atoms with Gasteiger partial charge in [-0.3, -0.25) is 4.79 Å². The van der Waals surface area contributed by atoms with Crippen LogP contribution < -0.4 is 5.32 Å². The van der Waals surface area contributed by atoms with Crippen LogP contribution in [-0.2, 0) is 30.7 Å². The van der Waals surface area contributed by atoms with Crippen molar-refractivity contribution in [3.63, 3.8) is 0 Å². The Balaban J connectivity index is 1.62. The van der Waals surface area contributed by atoms with Gasteiger partial charge in [0, 0.05) is 18.8 Å². The SMILES string of the molecule is CCc1ccc(NC(=O)COC(=O)c2cccc(S(=O)(=O)N3CC(C)OC(C)C3)c2)cc1. The van der Waals surface area contributed by atoms with E-state index in [2.05, 4.69) is 5.32 Å². The molecular weight excluding hydrogens is 432 g/mol. The molecule has 0 bridgehead atoms. The van der Waals surface area contributed by atoms with E-state index in [1.807, 2.05) is 32.9 Å². The maximum absolute atomic E-state index is 13.0. The summed E-state index contributed by atoms with van der Waals surface area (Å²) in [4.78, 5) is 24.5. The van der Waals surface area contributed by atoms with Crippen molar-refractivity contribution in [2.24, 2.45) is 0 Å². The predicted octanol–water partition coefficient (Wildman–Crippen LogP) is 2.84. The highest BCUT2D eigenvalue weighted by atomic mass is 32.2. The third-order valence-electron chi connectivity index (χ3n) is 5.07. The maximum atomic E-state index is 13.0. The Morgan fingerprint density at radius 1 is 1.09 bits per heavy atom. The van der Waals surface area contributed by atoms with Crippen LogP contribution in [-0.4, -0.2) is 56.5 Å². The number of carbonyl (C=O) groups excluding carboxylic acids is 2. The van der Waals surface area contributed by atoms with Crippen LogP contribution in [0.4, 0.5) is 5.69 Å². The van der Waals surface area contributed by atoms with Gasteiger partial charge in [0.25, 0.3) is 5.91 Å². The second-order valence-corrected chi connectivity index (χ2v) is 9.72. The lowest BCUT2D eigenvalue weighted by Gasteiger charge is -2.34. The zero-order valence-electron chi connectivity index (χ0n) is 18.4. The first-order valence-corrected chi connectivity index (χ1v) is 11.9. The summed E-state index contributed by atoms with van der Waals surface area (Å²) in [7, 11) is -3.80.